The van der Waals surface area contributed by atoms with E-state index >= 15 is 0 Å². The Bertz CT molecular complexity index is 319. The molecule has 0 aliphatic carbocycles. The fourth-order valence-corrected chi connectivity index (χ4v) is 1.80. The Hall–Kier alpha value is -0.290. The van der Waals surface area contributed by atoms with Gasteiger partial charge in [0.2, 0.25) is 0 Å². The van der Waals surface area contributed by atoms with Crippen LogP contribution in [0, 0.1) is 0 Å². The molecule has 5 heteroatoms. The van der Waals surface area contributed by atoms with E-state index < -0.39 is 6.04 Å². The monoisotopic (exact) mass is 265 g/mol. The molecule has 0 amide bonds. The lowest BCUT2D eigenvalue weighted by atomic mass is 10.1. The summed E-state index contributed by atoms with van der Waals surface area (Å²) in [6, 6.07) is 2.47. The van der Waals surface area contributed by atoms with E-state index in [1.165, 1.54) is 6.07 Å². The van der Waals surface area contributed by atoms with Crippen molar-refractivity contribution in [3.05, 3.63) is 27.2 Å². The lowest BCUT2D eigenvalue weighted by Gasteiger charge is -2.12. The van der Waals surface area contributed by atoms with Gasteiger partial charge in [-0.05, 0) is 28.1 Å². The normalized spacial score (nSPS) is 12.9. The molecule has 0 aromatic heterocycles. The Kier molecular flexibility index (Phi) is 3.55. The molecule has 0 aliphatic heterocycles. The summed E-state index contributed by atoms with van der Waals surface area (Å²) in [5.41, 5.74) is 5.98. The molecule has 0 saturated carbocycles. The van der Waals surface area contributed by atoms with Crippen LogP contribution in [-0.4, -0.2) is 16.8 Å². The smallest absolute Gasteiger partial charge is 0.134 e. The minimum atomic E-state index is -0.616. The Labute approximate surface area is 89.3 Å². The van der Waals surface area contributed by atoms with Gasteiger partial charge in [0.25, 0.3) is 0 Å². The molecule has 1 aromatic carbocycles. The Morgan fingerprint density at radius 2 is 2.15 bits per heavy atom. The van der Waals surface area contributed by atoms with Crippen molar-refractivity contribution in [2.75, 3.05) is 6.61 Å². The third-order valence-electron chi connectivity index (χ3n) is 1.65. The highest BCUT2D eigenvalue weighted by Gasteiger charge is 2.13. The van der Waals surface area contributed by atoms with Crippen molar-refractivity contribution >= 4 is 27.5 Å². The maximum atomic E-state index is 9.53. The molecular weight excluding hydrogens is 257 g/mol. The quantitative estimate of drug-likeness (QED) is 0.765. The fourth-order valence-electron chi connectivity index (χ4n) is 0.967. The Balaban J connectivity index is 3.20. The molecule has 0 spiro atoms. The van der Waals surface area contributed by atoms with Crippen molar-refractivity contribution < 1.29 is 10.2 Å². The van der Waals surface area contributed by atoms with Crippen LogP contribution in [0.15, 0.2) is 16.6 Å². The van der Waals surface area contributed by atoms with Crippen LogP contribution < -0.4 is 5.73 Å². The Morgan fingerprint density at radius 3 is 2.69 bits per heavy atom. The zero-order valence-electron chi connectivity index (χ0n) is 6.67. The number of benzene rings is 1. The van der Waals surface area contributed by atoms with E-state index in [-0.39, 0.29) is 12.4 Å². The standard InChI is InChI=1S/C8H9BrClNO2/c9-6-2-4(10)1-5(8(6)13)7(11)3-12/h1-2,7,12-13H,3,11H2/t7-/m0/s1. The number of halogens is 2. The number of hydrogen-bond acceptors (Lipinski definition) is 3. The van der Waals surface area contributed by atoms with E-state index in [0.717, 1.165) is 0 Å². The SMILES string of the molecule is N[C@@H](CO)c1cc(Cl)cc(Br)c1O. The van der Waals surface area contributed by atoms with Crippen molar-refractivity contribution in [1.29, 1.82) is 0 Å². The van der Waals surface area contributed by atoms with E-state index in [9.17, 15) is 5.11 Å². The highest BCUT2D eigenvalue weighted by Crippen LogP contribution is 2.34. The van der Waals surface area contributed by atoms with Crippen molar-refractivity contribution in [3.8, 4) is 5.75 Å². The van der Waals surface area contributed by atoms with Gasteiger partial charge in [0.1, 0.15) is 5.75 Å². The largest absolute Gasteiger partial charge is 0.506 e. The molecule has 0 bridgehead atoms. The highest BCUT2D eigenvalue weighted by molar-refractivity contribution is 9.10. The van der Waals surface area contributed by atoms with E-state index in [2.05, 4.69) is 15.9 Å². The van der Waals surface area contributed by atoms with Gasteiger partial charge in [-0.2, -0.15) is 0 Å². The van der Waals surface area contributed by atoms with Crippen LogP contribution in [0.25, 0.3) is 0 Å². The number of phenolic OH excluding ortho intramolecular Hbond substituents is 1. The summed E-state index contributed by atoms with van der Waals surface area (Å²) in [5.74, 6) is 0.0194. The number of aliphatic hydroxyl groups is 1. The van der Waals surface area contributed by atoms with Crippen molar-refractivity contribution in [3.63, 3.8) is 0 Å². The first kappa shape index (κ1) is 10.8. The average molecular weight is 267 g/mol. The summed E-state index contributed by atoms with van der Waals surface area (Å²) < 4.78 is 0.471. The molecule has 0 radical (unpaired) electrons. The maximum Gasteiger partial charge on any atom is 0.134 e. The molecule has 1 atom stereocenters. The number of aromatic hydroxyl groups is 1. The molecule has 1 rings (SSSR count). The third kappa shape index (κ3) is 2.34. The molecular formula is C8H9BrClNO2. The maximum absolute atomic E-state index is 9.53. The number of rotatable bonds is 2. The van der Waals surface area contributed by atoms with E-state index in [4.69, 9.17) is 22.4 Å². The third-order valence-corrected chi connectivity index (χ3v) is 2.48. The molecule has 0 fully saturated rings. The molecule has 13 heavy (non-hydrogen) atoms. The first-order chi connectivity index (χ1) is 6.06. The summed E-state index contributed by atoms with van der Waals surface area (Å²) in [6.45, 7) is -0.236. The van der Waals surface area contributed by atoms with Gasteiger partial charge >= 0.3 is 0 Å². The van der Waals surface area contributed by atoms with E-state index in [1.807, 2.05) is 0 Å². The van der Waals surface area contributed by atoms with Gasteiger partial charge in [0, 0.05) is 10.6 Å². The number of nitrogens with two attached hydrogens (primary N) is 1. The number of hydrogen-bond donors (Lipinski definition) is 3. The predicted octanol–water partition coefficient (Wildman–Crippen LogP) is 1.80. The fraction of sp³-hybridized carbons (Fsp3) is 0.250. The molecule has 0 saturated heterocycles. The number of phenols is 1. The predicted molar refractivity (Wildman–Crippen MR) is 54.8 cm³/mol. The zero-order valence-corrected chi connectivity index (χ0v) is 9.01. The molecule has 1 aromatic rings. The molecule has 0 aliphatic rings. The van der Waals surface area contributed by atoms with Gasteiger partial charge in [0.05, 0.1) is 17.1 Å². The molecule has 4 N–H and O–H groups in total. The van der Waals surface area contributed by atoms with Crippen LogP contribution in [0.3, 0.4) is 0 Å². The zero-order chi connectivity index (χ0) is 10.0. The minimum Gasteiger partial charge on any atom is -0.506 e. The number of aliphatic hydroxyl groups excluding tert-OH is 1. The van der Waals surface area contributed by atoms with Crippen LogP contribution in [0.1, 0.15) is 11.6 Å². The highest BCUT2D eigenvalue weighted by atomic mass is 79.9. The summed E-state index contributed by atoms with van der Waals surface area (Å²) in [5, 5.41) is 18.8. The van der Waals surface area contributed by atoms with Crippen LogP contribution >= 0.6 is 27.5 Å². The van der Waals surface area contributed by atoms with Crippen LogP contribution in [0.5, 0.6) is 5.75 Å². The van der Waals surface area contributed by atoms with Crippen molar-refractivity contribution in [1.82, 2.24) is 0 Å². The Morgan fingerprint density at radius 1 is 1.54 bits per heavy atom. The van der Waals surface area contributed by atoms with Gasteiger partial charge < -0.3 is 15.9 Å². The summed E-state index contributed by atoms with van der Waals surface area (Å²) in [7, 11) is 0. The topological polar surface area (TPSA) is 66.5 Å². The first-order valence-corrected chi connectivity index (χ1v) is 4.77. The lowest BCUT2D eigenvalue weighted by molar-refractivity contribution is 0.265. The van der Waals surface area contributed by atoms with Gasteiger partial charge in [-0.25, -0.2) is 0 Å². The molecule has 72 valence electrons. The van der Waals surface area contributed by atoms with Crippen LogP contribution in [0.4, 0.5) is 0 Å². The van der Waals surface area contributed by atoms with E-state index in [0.29, 0.717) is 15.1 Å². The second-order valence-corrected chi connectivity index (χ2v) is 3.91. The molecule has 0 unspecified atom stereocenters. The van der Waals surface area contributed by atoms with Crippen LogP contribution in [0.2, 0.25) is 5.02 Å². The second kappa shape index (κ2) is 4.28. The van der Waals surface area contributed by atoms with Crippen molar-refractivity contribution in [2.45, 2.75) is 6.04 Å². The van der Waals surface area contributed by atoms with Gasteiger partial charge in [0.15, 0.2) is 0 Å². The van der Waals surface area contributed by atoms with Gasteiger partial charge in [-0.15, -0.1) is 0 Å². The molecule has 3 nitrogen and oxygen atoms in total. The molecule has 0 heterocycles. The lowest BCUT2D eigenvalue weighted by Crippen LogP contribution is -2.14. The summed E-state index contributed by atoms with van der Waals surface area (Å²) in [6.07, 6.45) is 0. The van der Waals surface area contributed by atoms with E-state index in [1.54, 1.807) is 6.07 Å². The van der Waals surface area contributed by atoms with Gasteiger partial charge in [-0.3, -0.25) is 0 Å². The summed E-state index contributed by atoms with van der Waals surface area (Å²) in [4.78, 5) is 0. The second-order valence-electron chi connectivity index (χ2n) is 2.61. The first-order valence-electron chi connectivity index (χ1n) is 3.60. The van der Waals surface area contributed by atoms with Crippen molar-refractivity contribution in [2.24, 2.45) is 5.73 Å². The minimum absolute atomic E-state index is 0.0194. The van der Waals surface area contributed by atoms with Crippen LogP contribution in [-0.2, 0) is 0 Å². The van der Waals surface area contributed by atoms with Gasteiger partial charge in [-0.1, -0.05) is 11.6 Å². The average Bonchev–Trinajstić information content (AvgIpc) is 2.10. The summed E-state index contributed by atoms with van der Waals surface area (Å²) >= 11 is 8.87.